The third kappa shape index (κ3) is 2.25. The van der Waals surface area contributed by atoms with Crippen LogP contribution in [-0.4, -0.2) is 10.4 Å². The van der Waals surface area contributed by atoms with Crippen LogP contribution in [0.2, 0.25) is 0 Å². The lowest BCUT2D eigenvalue weighted by atomic mass is 10.2. The fraction of sp³-hybridized carbons (Fsp3) is 0.750. The number of aromatic nitrogens is 3. The van der Waals surface area contributed by atoms with Gasteiger partial charge in [-0.25, -0.2) is 0 Å². The molecule has 0 aliphatic carbocycles. The number of hydrogen-bond donors (Lipinski definition) is 0. The van der Waals surface area contributed by atoms with E-state index in [4.69, 9.17) is 0 Å². The van der Waals surface area contributed by atoms with Crippen molar-refractivity contribution in [2.75, 3.05) is 0 Å². The highest BCUT2D eigenvalue weighted by atomic mass is 127. The van der Waals surface area contributed by atoms with Gasteiger partial charge in [0.2, 0.25) is 0 Å². The zero-order valence-electron chi connectivity index (χ0n) is 5.26. The Morgan fingerprint density at radius 1 is 1.56 bits per heavy atom. The van der Waals surface area contributed by atoms with Gasteiger partial charge < -0.3 is 24.0 Å². The molecule has 1 aromatic heterocycles. The van der Waals surface area contributed by atoms with Crippen molar-refractivity contribution in [3.63, 3.8) is 0 Å². The quantitative estimate of drug-likeness (QED) is 0.493. The Morgan fingerprint density at radius 3 is 2.44 bits per heavy atom. The number of H-pyrrole nitrogens is 1. The van der Waals surface area contributed by atoms with Crippen LogP contribution in [0.25, 0.3) is 0 Å². The van der Waals surface area contributed by atoms with E-state index in [-0.39, 0.29) is 24.0 Å². The first-order valence-corrected chi connectivity index (χ1v) is 2.50. The van der Waals surface area contributed by atoms with Crippen LogP contribution < -0.4 is 29.1 Å². The van der Waals surface area contributed by atoms with E-state index >= 15 is 0 Å². The van der Waals surface area contributed by atoms with Gasteiger partial charge in [0.15, 0.2) is 0 Å². The van der Waals surface area contributed by atoms with Crippen molar-refractivity contribution in [3.8, 4) is 0 Å². The van der Waals surface area contributed by atoms with E-state index < -0.39 is 0 Å². The van der Waals surface area contributed by atoms with Crippen LogP contribution in [0.4, 0.5) is 0 Å². The molecular weight excluding hydrogens is 233 g/mol. The molecular formula is C4H8IN3O. The Kier molecular flexibility index (Phi) is 3.67. The SMILES string of the molecule is CC(C)c1nno[nH+]1.[I-]. The summed E-state index contributed by atoms with van der Waals surface area (Å²) in [6, 6.07) is 0. The summed E-state index contributed by atoms with van der Waals surface area (Å²) in [5.74, 6) is 1.14. The summed E-state index contributed by atoms with van der Waals surface area (Å²) < 4.78 is 4.39. The number of rotatable bonds is 1. The molecule has 0 amide bonds. The predicted octanol–water partition coefficient (Wildman–Crippen LogP) is -2.99. The minimum atomic E-state index is 0. The molecule has 0 saturated carbocycles. The Balaban J connectivity index is 0.000000640. The number of aromatic amines is 1. The van der Waals surface area contributed by atoms with E-state index in [0.717, 1.165) is 5.82 Å². The minimum Gasteiger partial charge on any atom is -1.00 e. The zero-order valence-corrected chi connectivity index (χ0v) is 7.42. The van der Waals surface area contributed by atoms with Gasteiger partial charge in [-0.05, 0) is 0 Å². The van der Waals surface area contributed by atoms with Crippen molar-refractivity contribution in [2.45, 2.75) is 19.8 Å². The van der Waals surface area contributed by atoms with Gasteiger partial charge in [-0.2, -0.15) is 0 Å². The van der Waals surface area contributed by atoms with Crippen molar-refractivity contribution >= 4 is 0 Å². The third-order valence-electron chi connectivity index (χ3n) is 0.886. The normalized spacial score (nSPS) is 9.22. The third-order valence-corrected chi connectivity index (χ3v) is 0.886. The molecule has 4 nitrogen and oxygen atoms in total. The molecule has 9 heavy (non-hydrogen) atoms. The monoisotopic (exact) mass is 241 g/mol. The molecule has 0 aliphatic heterocycles. The minimum absolute atomic E-state index is 0. The smallest absolute Gasteiger partial charge is 0.318 e. The molecule has 0 fully saturated rings. The van der Waals surface area contributed by atoms with Crippen LogP contribution in [0.5, 0.6) is 0 Å². The van der Waals surface area contributed by atoms with Gasteiger partial charge in [0.1, 0.15) is 5.10 Å². The molecule has 1 heterocycles. The predicted molar refractivity (Wildman–Crippen MR) is 24.9 cm³/mol. The van der Waals surface area contributed by atoms with Crippen molar-refractivity contribution in [1.29, 1.82) is 0 Å². The Hall–Kier alpha value is -0.200. The second-order valence-electron chi connectivity index (χ2n) is 1.91. The van der Waals surface area contributed by atoms with Crippen molar-refractivity contribution < 1.29 is 33.8 Å². The maximum Gasteiger partial charge on any atom is 0.318 e. The lowest BCUT2D eigenvalue weighted by molar-refractivity contribution is -0.630. The maximum atomic E-state index is 4.39. The van der Waals surface area contributed by atoms with Gasteiger partial charge in [0.25, 0.3) is 5.27 Å². The highest BCUT2D eigenvalue weighted by Crippen LogP contribution is 2.00. The average molecular weight is 241 g/mol. The Labute approximate surface area is 70.0 Å². The van der Waals surface area contributed by atoms with Crippen LogP contribution in [0.3, 0.4) is 0 Å². The molecule has 0 unspecified atom stereocenters. The topological polar surface area (TPSA) is 53.1 Å². The fourth-order valence-electron chi connectivity index (χ4n) is 0.385. The maximum absolute atomic E-state index is 4.39. The molecule has 0 radical (unpaired) electrons. The number of nitrogens with one attached hydrogen (secondary N) is 1. The van der Waals surface area contributed by atoms with E-state index in [1.165, 1.54) is 0 Å². The van der Waals surface area contributed by atoms with Gasteiger partial charge in [-0.1, -0.05) is 19.0 Å². The van der Waals surface area contributed by atoms with Crippen LogP contribution in [0.1, 0.15) is 25.6 Å². The van der Waals surface area contributed by atoms with Crippen LogP contribution in [0, 0.1) is 0 Å². The average Bonchev–Trinajstić information content (AvgIpc) is 2.12. The van der Waals surface area contributed by atoms with E-state index in [1.807, 2.05) is 13.8 Å². The van der Waals surface area contributed by atoms with E-state index in [0.29, 0.717) is 5.92 Å². The number of halogens is 1. The van der Waals surface area contributed by atoms with E-state index in [1.54, 1.807) is 0 Å². The summed E-state index contributed by atoms with van der Waals surface area (Å²) in [6.07, 6.45) is 0. The molecule has 0 bridgehead atoms. The summed E-state index contributed by atoms with van der Waals surface area (Å²) in [5, 5.41) is 9.45. The Morgan fingerprint density at radius 2 is 2.22 bits per heavy atom. The van der Waals surface area contributed by atoms with Crippen molar-refractivity contribution in [2.24, 2.45) is 0 Å². The van der Waals surface area contributed by atoms with Gasteiger partial charge in [-0.15, -0.1) is 4.63 Å². The fourth-order valence-corrected chi connectivity index (χ4v) is 0.385. The lowest BCUT2D eigenvalue weighted by Crippen LogP contribution is -3.00. The molecule has 0 atom stereocenters. The first-order valence-electron chi connectivity index (χ1n) is 2.50. The molecule has 0 aromatic carbocycles. The van der Waals surface area contributed by atoms with E-state index in [9.17, 15) is 0 Å². The molecule has 1 aromatic rings. The molecule has 1 N–H and O–H groups in total. The van der Waals surface area contributed by atoms with Crippen LogP contribution in [-0.2, 0) is 0 Å². The van der Waals surface area contributed by atoms with Crippen LogP contribution >= 0.6 is 0 Å². The molecule has 5 heteroatoms. The number of nitrogens with zero attached hydrogens (tertiary/aromatic N) is 2. The summed E-state index contributed by atoms with van der Waals surface area (Å²) in [7, 11) is 0. The molecule has 0 saturated heterocycles. The first kappa shape index (κ1) is 8.80. The summed E-state index contributed by atoms with van der Waals surface area (Å²) >= 11 is 0. The van der Waals surface area contributed by atoms with E-state index in [2.05, 4.69) is 20.2 Å². The lowest BCUT2D eigenvalue weighted by Gasteiger charge is -1.83. The van der Waals surface area contributed by atoms with Crippen LogP contribution in [0.15, 0.2) is 4.63 Å². The second kappa shape index (κ2) is 3.76. The van der Waals surface area contributed by atoms with Crippen molar-refractivity contribution in [1.82, 2.24) is 10.4 Å². The highest BCUT2D eigenvalue weighted by Gasteiger charge is 2.10. The number of hydrogen-bond acceptors (Lipinski definition) is 3. The Bertz CT molecular complexity index is 151. The molecule has 0 aliphatic rings. The van der Waals surface area contributed by atoms with Gasteiger partial charge in [-0.3, -0.25) is 0 Å². The van der Waals surface area contributed by atoms with Gasteiger partial charge in [0.05, 0.1) is 0 Å². The molecule has 52 valence electrons. The first-order chi connectivity index (χ1) is 3.80. The standard InChI is InChI=1S/C4H7N3O.HI/c1-3(2)4-5-7-8-6-4;/h3H,1-2H3;1H. The summed E-state index contributed by atoms with van der Waals surface area (Å²) in [6.45, 7) is 4.02. The largest absolute Gasteiger partial charge is 1.00 e. The van der Waals surface area contributed by atoms with Crippen molar-refractivity contribution in [3.05, 3.63) is 5.82 Å². The summed E-state index contributed by atoms with van der Waals surface area (Å²) in [5.41, 5.74) is 0. The zero-order chi connectivity index (χ0) is 5.98. The molecule has 1 rings (SSSR count). The molecule has 0 spiro atoms. The highest BCUT2D eigenvalue weighted by molar-refractivity contribution is 4.75. The second-order valence-corrected chi connectivity index (χ2v) is 1.91. The van der Waals surface area contributed by atoms with Gasteiger partial charge >= 0.3 is 5.82 Å². The van der Waals surface area contributed by atoms with Gasteiger partial charge in [0, 0.05) is 5.92 Å². The summed E-state index contributed by atoms with van der Waals surface area (Å²) in [4.78, 5) is 0.